The predicted molar refractivity (Wildman–Crippen MR) is 71.3 cm³/mol. The van der Waals surface area contributed by atoms with Crippen LogP contribution in [0, 0.1) is 0 Å². The summed E-state index contributed by atoms with van der Waals surface area (Å²) in [7, 11) is 1.79. The Labute approximate surface area is 110 Å². The number of aryl methyl sites for hydroxylation is 1. The number of nitrogens with one attached hydrogen (secondary N) is 1. The lowest BCUT2D eigenvalue weighted by atomic mass is 9.89. The van der Waals surface area contributed by atoms with Gasteiger partial charge in [-0.3, -0.25) is 0 Å². The lowest BCUT2D eigenvalue weighted by molar-refractivity contribution is 0.173. The van der Waals surface area contributed by atoms with Crippen LogP contribution in [0.15, 0.2) is 10.5 Å². The second kappa shape index (κ2) is 5.38. The highest BCUT2D eigenvalue weighted by Gasteiger charge is 2.21. The topological polar surface area (TPSA) is 52.5 Å². The maximum atomic E-state index is 10.1. The molecular formula is C13H18BrNO2. The third kappa shape index (κ3) is 2.49. The van der Waals surface area contributed by atoms with Gasteiger partial charge in [0.2, 0.25) is 0 Å². The lowest BCUT2D eigenvalue weighted by Crippen LogP contribution is -2.17. The SMILES string of the molecule is CNCC(O)c1cc2c(c(Br)c1O)CCCC2. The van der Waals surface area contributed by atoms with Crippen LogP contribution in [0.5, 0.6) is 5.75 Å². The van der Waals surface area contributed by atoms with Crippen LogP contribution in [0.4, 0.5) is 0 Å². The number of halogens is 1. The van der Waals surface area contributed by atoms with E-state index >= 15 is 0 Å². The van der Waals surface area contributed by atoms with Crippen LogP contribution in [0.2, 0.25) is 0 Å². The third-order valence-electron chi connectivity index (χ3n) is 3.34. The number of aliphatic hydroxyl groups excluding tert-OH is 1. The van der Waals surface area contributed by atoms with E-state index in [9.17, 15) is 10.2 Å². The number of aromatic hydroxyl groups is 1. The summed E-state index contributed by atoms with van der Waals surface area (Å²) in [6, 6.07) is 1.95. The van der Waals surface area contributed by atoms with Gasteiger partial charge in [-0.1, -0.05) is 0 Å². The van der Waals surface area contributed by atoms with Crippen molar-refractivity contribution in [3.05, 3.63) is 27.2 Å². The van der Waals surface area contributed by atoms with E-state index in [2.05, 4.69) is 21.2 Å². The average molecular weight is 300 g/mol. The van der Waals surface area contributed by atoms with Crippen LogP contribution in [-0.2, 0) is 12.8 Å². The Balaban J connectivity index is 2.43. The quantitative estimate of drug-likeness (QED) is 0.803. The predicted octanol–water partition coefficient (Wildman–Crippen LogP) is 2.29. The molecule has 1 aromatic rings. The number of hydrogen-bond acceptors (Lipinski definition) is 3. The fourth-order valence-electron chi connectivity index (χ4n) is 2.42. The first-order chi connectivity index (χ1) is 8.15. The molecule has 1 unspecified atom stereocenters. The highest BCUT2D eigenvalue weighted by atomic mass is 79.9. The van der Waals surface area contributed by atoms with E-state index in [4.69, 9.17) is 0 Å². The minimum atomic E-state index is -0.663. The zero-order valence-corrected chi connectivity index (χ0v) is 11.5. The van der Waals surface area contributed by atoms with E-state index in [1.807, 2.05) is 6.07 Å². The molecule has 3 N–H and O–H groups in total. The van der Waals surface area contributed by atoms with Crippen LogP contribution in [0.3, 0.4) is 0 Å². The summed E-state index contributed by atoms with van der Waals surface area (Å²) in [4.78, 5) is 0. The minimum Gasteiger partial charge on any atom is -0.506 e. The van der Waals surface area contributed by atoms with Crippen molar-refractivity contribution in [2.45, 2.75) is 31.8 Å². The van der Waals surface area contributed by atoms with E-state index in [0.29, 0.717) is 12.1 Å². The Morgan fingerprint density at radius 2 is 2.12 bits per heavy atom. The van der Waals surface area contributed by atoms with Gasteiger partial charge in [0.15, 0.2) is 0 Å². The number of benzene rings is 1. The first-order valence-electron chi connectivity index (χ1n) is 6.01. The number of phenolic OH excluding ortho intramolecular Hbond substituents is 1. The van der Waals surface area contributed by atoms with E-state index in [1.165, 1.54) is 24.0 Å². The van der Waals surface area contributed by atoms with E-state index in [0.717, 1.165) is 17.3 Å². The van der Waals surface area contributed by atoms with Crippen LogP contribution in [0.25, 0.3) is 0 Å². The second-order valence-electron chi connectivity index (χ2n) is 4.55. The van der Waals surface area contributed by atoms with Crippen molar-refractivity contribution in [1.29, 1.82) is 0 Å². The lowest BCUT2D eigenvalue weighted by Gasteiger charge is -2.22. The molecule has 1 atom stereocenters. The summed E-state index contributed by atoms with van der Waals surface area (Å²) in [6.45, 7) is 0.443. The molecule has 4 heteroatoms. The van der Waals surface area contributed by atoms with Crippen LogP contribution >= 0.6 is 15.9 Å². The molecule has 0 fully saturated rings. The molecule has 0 aromatic heterocycles. The van der Waals surface area contributed by atoms with Gasteiger partial charge in [-0.05, 0) is 65.9 Å². The van der Waals surface area contributed by atoms with Gasteiger partial charge in [0.25, 0.3) is 0 Å². The van der Waals surface area contributed by atoms with Crippen LogP contribution in [-0.4, -0.2) is 23.8 Å². The van der Waals surface area contributed by atoms with Gasteiger partial charge in [0.05, 0.1) is 10.6 Å². The van der Waals surface area contributed by atoms with Crippen molar-refractivity contribution in [1.82, 2.24) is 5.32 Å². The summed E-state index contributed by atoms with van der Waals surface area (Å²) in [6.07, 6.45) is 3.73. The zero-order valence-electron chi connectivity index (χ0n) is 9.96. The summed E-state index contributed by atoms with van der Waals surface area (Å²) in [5.74, 6) is 0.188. The normalized spacial score (nSPS) is 16.6. The maximum Gasteiger partial charge on any atom is 0.135 e. The first kappa shape index (κ1) is 12.9. The Bertz CT molecular complexity index is 420. The van der Waals surface area contributed by atoms with Gasteiger partial charge >= 0.3 is 0 Å². The first-order valence-corrected chi connectivity index (χ1v) is 6.80. The van der Waals surface area contributed by atoms with Crippen LogP contribution in [0.1, 0.15) is 35.6 Å². The van der Waals surface area contributed by atoms with E-state index in [-0.39, 0.29) is 5.75 Å². The number of rotatable bonds is 3. The minimum absolute atomic E-state index is 0.188. The van der Waals surface area contributed by atoms with Gasteiger partial charge in [0.1, 0.15) is 5.75 Å². The molecular weight excluding hydrogens is 282 g/mol. The molecule has 0 aliphatic heterocycles. The van der Waals surface area contributed by atoms with Crippen LogP contribution < -0.4 is 5.32 Å². The molecule has 1 aliphatic rings. The molecule has 0 bridgehead atoms. The monoisotopic (exact) mass is 299 g/mol. The van der Waals surface area contributed by atoms with Crippen molar-refractivity contribution >= 4 is 15.9 Å². The van der Waals surface area contributed by atoms with Crippen molar-refractivity contribution in [2.24, 2.45) is 0 Å². The van der Waals surface area contributed by atoms with E-state index < -0.39 is 6.10 Å². The molecule has 0 radical (unpaired) electrons. The number of likely N-dealkylation sites (N-methyl/N-ethyl adjacent to an activating group) is 1. The molecule has 3 nitrogen and oxygen atoms in total. The van der Waals surface area contributed by atoms with Gasteiger partial charge in [-0.15, -0.1) is 0 Å². The van der Waals surface area contributed by atoms with Crippen molar-refractivity contribution in [3.8, 4) is 5.75 Å². The van der Waals surface area contributed by atoms with Gasteiger partial charge in [-0.25, -0.2) is 0 Å². The standard InChI is InChI=1S/C13H18BrNO2/c1-15-7-11(16)10-6-8-4-2-3-5-9(8)12(14)13(10)17/h6,11,15-17H,2-5,7H2,1H3. The molecule has 0 amide bonds. The van der Waals surface area contributed by atoms with Crippen molar-refractivity contribution in [3.63, 3.8) is 0 Å². The Morgan fingerprint density at radius 1 is 1.41 bits per heavy atom. The van der Waals surface area contributed by atoms with Crippen molar-refractivity contribution < 1.29 is 10.2 Å². The van der Waals surface area contributed by atoms with Crippen molar-refractivity contribution in [2.75, 3.05) is 13.6 Å². The number of hydrogen-bond donors (Lipinski definition) is 3. The largest absolute Gasteiger partial charge is 0.506 e. The number of phenols is 1. The molecule has 1 aliphatic carbocycles. The maximum absolute atomic E-state index is 10.1. The Kier molecular flexibility index (Phi) is 4.07. The molecule has 0 heterocycles. The van der Waals surface area contributed by atoms with E-state index in [1.54, 1.807) is 7.05 Å². The Morgan fingerprint density at radius 3 is 2.82 bits per heavy atom. The highest BCUT2D eigenvalue weighted by Crippen LogP contribution is 2.39. The molecule has 0 saturated heterocycles. The Hall–Kier alpha value is -0.580. The summed E-state index contributed by atoms with van der Waals surface area (Å²) in [5.41, 5.74) is 3.08. The second-order valence-corrected chi connectivity index (χ2v) is 5.34. The van der Waals surface area contributed by atoms with Gasteiger partial charge < -0.3 is 15.5 Å². The summed E-state index contributed by atoms with van der Waals surface area (Å²) in [5, 5.41) is 23.0. The average Bonchev–Trinajstić information content (AvgIpc) is 2.34. The smallest absolute Gasteiger partial charge is 0.135 e. The number of aliphatic hydroxyl groups is 1. The highest BCUT2D eigenvalue weighted by molar-refractivity contribution is 9.10. The molecule has 0 spiro atoms. The fraction of sp³-hybridized carbons (Fsp3) is 0.538. The molecule has 2 rings (SSSR count). The zero-order chi connectivity index (χ0) is 12.4. The van der Waals surface area contributed by atoms with Gasteiger partial charge in [0, 0.05) is 12.1 Å². The molecule has 94 valence electrons. The molecule has 0 saturated carbocycles. The number of fused-ring (bicyclic) bond motifs is 1. The molecule has 17 heavy (non-hydrogen) atoms. The summed E-state index contributed by atoms with van der Waals surface area (Å²) < 4.78 is 0.764. The summed E-state index contributed by atoms with van der Waals surface area (Å²) >= 11 is 3.45. The van der Waals surface area contributed by atoms with Gasteiger partial charge in [-0.2, -0.15) is 0 Å². The third-order valence-corrected chi connectivity index (χ3v) is 4.20. The fourth-order valence-corrected chi connectivity index (χ4v) is 3.10. The molecule has 1 aromatic carbocycles.